The van der Waals surface area contributed by atoms with Crippen molar-refractivity contribution < 1.29 is 208 Å². The number of fused-ring (bicyclic) bond motifs is 2. The van der Waals surface area contributed by atoms with E-state index in [4.69, 9.17) is 9.47 Å². The Kier molecular flexibility index (Phi) is 23.9. The fourth-order valence-electron chi connectivity index (χ4n) is 5.66. The first-order valence-corrected chi connectivity index (χ1v) is 24.5. The van der Waals surface area contributed by atoms with Crippen LogP contribution < -0.4 is 148 Å². The zero-order valence-corrected chi connectivity index (χ0v) is 47.5. The Hall–Kier alpha value is 1.72. The molecule has 6 N–H and O–H groups in total. The van der Waals surface area contributed by atoms with Crippen molar-refractivity contribution >= 4 is 88.8 Å². The zero-order chi connectivity index (χ0) is 43.2. The number of thioether (sulfide) groups is 2. The molecule has 0 spiro atoms. The van der Waals surface area contributed by atoms with Crippen molar-refractivity contribution in [3.8, 4) is 0 Å². The number of aliphatic hydroxyl groups excluding tert-OH is 4. The van der Waals surface area contributed by atoms with Gasteiger partial charge in [-0.25, -0.2) is 42.8 Å². The number of nitrogens with zero attached hydrogens (tertiary/aromatic N) is 8. The predicted molar refractivity (Wildman–Crippen MR) is 191 cm³/mol. The Morgan fingerprint density at radius 1 is 0.619 bits per heavy atom. The van der Waals surface area contributed by atoms with Gasteiger partial charge in [-0.1, -0.05) is 23.5 Å². The van der Waals surface area contributed by atoms with Crippen LogP contribution in [0.4, 0.5) is 11.6 Å². The van der Waals surface area contributed by atoms with E-state index >= 15 is 0 Å². The minimum atomic E-state index is -6.61. The van der Waals surface area contributed by atoms with E-state index in [2.05, 4.69) is 62.5 Å². The number of ether oxygens (including phenoxy) is 2. The first kappa shape index (κ1) is 60.8. The van der Waals surface area contributed by atoms with Gasteiger partial charge in [-0.15, -0.1) is 0 Å². The van der Waals surface area contributed by atoms with Gasteiger partial charge in [0.2, 0.25) is 0 Å². The van der Waals surface area contributed by atoms with Crippen molar-refractivity contribution in [1.82, 2.24) is 39.0 Å². The van der Waals surface area contributed by atoms with Crippen molar-refractivity contribution in [2.24, 2.45) is 0 Å². The summed E-state index contributed by atoms with van der Waals surface area (Å²) < 4.78 is 82.6. The number of aromatic nitrogens is 8. The smallest absolute Gasteiger partial charge is 0.756 e. The van der Waals surface area contributed by atoms with E-state index < -0.39 is 93.6 Å². The minimum Gasteiger partial charge on any atom is -0.756 e. The third kappa shape index (κ3) is 14.4. The molecule has 29 nitrogen and oxygen atoms in total. The largest absolute Gasteiger partial charge is 1.00 e. The molecule has 2 saturated heterocycles. The molecule has 328 valence electrons. The van der Waals surface area contributed by atoms with E-state index in [1.54, 1.807) is 26.6 Å². The van der Waals surface area contributed by atoms with Crippen LogP contribution in [0, 0.1) is 0 Å². The summed E-state index contributed by atoms with van der Waals surface area (Å²) in [4.78, 5) is 74.7. The SMILES string of the molecule is CNc1nc(SC)nc2c1ncn2[C@@H]1O[C@H](COP(=O)([O-])OP(=O)([O-])OP(=O)([O-])OP(=O)([O-])OC[C@H]2O[C@@H](n3cnc4c(NC)nc(SC)nc43)[C@H](O)[C@@H]2O)[C@@H](O)[C@H]1O.[Na+].[Na+].[Na+].[Na+]. The molecule has 0 radical (unpaired) electrons. The zero-order valence-electron chi connectivity index (χ0n) is 34.3. The molecule has 0 aliphatic carbocycles. The topological polar surface area (TPSA) is 417 Å². The fraction of sp³-hybridized carbons (Fsp3) is 0.583. The molecule has 2 aliphatic rings. The molecule has 4 unspecified atom stereocenters. The molecular weight excluding hydrogens is 1010 g/mol. The Labute approximate surface area is 452 Å². The average Bonchev–Trinajstić information content (AvgIpc) is 3.91. The van der Waals surface area contributed by atoms with E-state index in [1.807, 2.05) is 0 Å². The summed E-state index contributed by atoms with van der Waals surface area (Å²) in [5, 5.41) is 48.7. The van der Waals surface area contributed by atoms with E-state index in [0.29, 0.717) is 21.9 Å². The molecule has 6 heterocycles. The summed E-state index contributed by atoms with van der Waals surface area (Å²) in [5.41, 5.74) is 0.787. The Morgan fingerprint density at radius 2 is 0.952 bits per heavy atom. The number of nitrogens with one attached hydrogen (secondary N) is 2. The molecule has 0 bridgehead atoms. The average molecular weight is 1040 g/mol. The van der Waals surface area contributed by atoms with Gasteiger partial charge in [0.05, 0.1) is 25.9 Å². The van der Waals surface area contributed by atoms with Crippen molar-refractivity contribution in [1.29, 1.82) is 0 Å². The number of rotatable bonds is 18. The van der Waals surface area contributed by atoms with Crippen LogP contribution >= 0.6 is 54.8 Å². The van der Waals surface area contributed by atoms with Gasteiger partial charge in [-0.2, -0.15) is 0 Å². The van der Waals surface area contributed by atoms with Gasteiger partial charge >= 0.3 is 118 Å². The number of imidazole rings is 2. The fourth-order valence-corrected chi connectivity index (χ4v) is 11.1. The summed E-state index contributed by atoms with van der Waals surface area (Å²) in [5.74, 6) is 0.633. The van der Waals surface area contributed by atoms with Gasteiger partial charge in [-0.05, 0) is 12.5 Å². The molecule has 0 saturated carbocycles. The van der Waals surface area contributed by atoms with Gasteiger partial charge < -0.3 is 69.2 Å². The number of aliphatic hydroxyl groups is 4. The molecule has 63 heavy (non-hydrogen) atoms. The molecule has 39 heteroatoms. The summed E-state index contributed by atoms with van der Waals surface area (Å²) in [7, 11) is -22.3. The number of phosphoric acid groups is 4. The number of hydrogen-bond donors (Lipinski definition) is 6. The van der Waals surface area contributed by atoms with Gasteiger partial charge in [-0.3, -0.25) is 27.4 Å². The summed E-state index contributed by atoms with van der Waals surface area (Å²) in [6.07, 6.45) is -7.66. The van der Waals surface area contributed by atoms with E-state index in [9.17, 15) is 58.3 Å². The molecule has 2 fully saturated rings. The van der Waals surface area contributed by atoms with Crippen LogP contribution in [0.25, 0.3) is 22.3 Å². The standard InChI is InChI=1S/C24H36N10O19P4S2.4Na/c1-25-17-11-19(31-23(29-17)58-3)33(7-27-11)21-15(37)13(35)9(49-21)5-47-54(39,40)51-56(43,44)53-57(45,46)52-55(41,42)48-6-10-14(36)16(38)22(50-10)34-8-28-12-18(26-2)30-24(59-4)32-20(12)34;;;;/h7-10,13-16,21-22,35-38H,5-6H2,1-4H3,(H,39,40)(H,41,42)(H,43,44)(H,45,46)(H,25,29,31)(H,26,30,32);;;;/q;4*+1/p-4/t9-,10-,13-,14-,15-,16-,21-,22-;;;;/m1..../s1. The van der Waals surface area contributed by atoms with Crippen molar-refractivity contribution in [3.63, 3.8) is 0 Å². The van der Waals surface area contributed by atoms with E-state index in [0.717, 1.165) is 0 Å². The van der Waals surface area contributed by atoms with Crippen LogP contribution in [0.5, 0.6) is 0 Å². The van der Waals surface area contributed by atoms with Crippen molar-refractivity contribution in [2.45, 2.75) is 59.4 Å². The van der Waals surface area contributed by atoms with Gasteiger partial charge in [0.1, 0.15) is 36.6 Å². The minimum absolute atomic E-state index is 0. The van der Waals surface area contributed by atoms with Crippen LogP contribution in [0.3, 0.4) is 0 Å². The van der Waals surface area contributed by atoms with Gasteiger partial charge in [0.25, 0.3) is 31.3 Å². The second-order valence-corrected chi connectivity index (χ2v) is 19.6. The van der Waals surface area contributed by atoms with E-state index in [1.165, 1.54) is 45.3 Å². The second-order valence-electron chi connectivity index (χ2n) is 12.0. The molecule has 0 aromatic carbocycles. The van der Waals surface area contributed by atoms with Crippen LogP contribution in [0.1, 0.15) is 12.5 Å². The summed E-state index contributed by atoms with van der Waals surface area (Å²) in [6, 6.07) is 0. The number of anilines is 2. The summed E-state index contributed by atoms with van der Waals surface area (Å²) >= 11 is 2.35. The molecule has 0 amide bonds. The maximum Gasteiger partial charge on any atom is 1.00 e. The monoisotopic (exact) mass is 1040 g/mol. The molecule has 6 rings (SSSR count). The first-order chi connectivity index (χ1) is 27.6. The molecule has 2 aliphatic heterocycles. The number of phosphoric ester groups is 2. The van der Waals surface area contributed by atoms with Crippen molar-refractivity contribution in [3.05, 3.63) is 12.7 Å². The maximum atomic E-state index is 12.4. The van der Waals surface area contributed by atoms with Crippen LogP contribution in [0.15, 0.2) is 23.0 Å². The maximum absolute atomic E-state index is 12.4. The quantitative estimate of drug-likeness (QED) is 0.0233. The van der Waals surface area contributed by atoms with E-state index in [-0.39, 0.29) is 141 Å². The van der Waals surface area contributed by atoms with Crippen molar-refractivity contribution in [2.75, 3.05) is 50.5 Å². The normalized spacial score (nSPS) is 27.1. The van der Waals surface area contributed by atoms with Crippen LogP contribution in [-0.2, 0) is 49.7 Å². The van der Waals surface area contributed by atoms with Crippen LogP contribution in [-0.4, -0.2) is 136 Å². The van der Waals surface area contributed by atoms with Gasteiger partial charge in [0.15, 0.2) is 56.7 Å². The van der Waals surface area contributed by atoms with Crippen LogP contribution in [0.2, 0.25) is 0 Å². The Bertz CT molecular complexity index is 2240. The second kappa shape index (κ2) is 24.7. The first-order valence-electron chi connectivity index (χ1n) is 16.2. The molecule has 4 aromatic rings. The molecule has 4 aromatic heterocycles. The molecule has 12 atom stereocenters. The third-order valence-electron chi connectivity index (χ3n) is 8.26. The molecular formula is C24H32N10Na4O19P4S2. The van der Waals surface area contributed by atoms with Gasteiger partial charge in [0, 0.05) is 14.1 Å². The number of hydrogen-bond acceptors (Lipinski definition) is 29. The Balaban J connectivity index is 0.00000341. The predicted octanol–water partition coefficient (Wildman–Crippen LogP) is -14.6. The summed E-state index contributed by atoms with van der Waals surface area (Å²) in [6.45, 7) is -2.43. The Morgan fingerprint density at radius 3 is 1.27 bits per heavy atom. The third-order valence-corrected chi connectivity index (χ3v) is 15.1.